The Labute approximate surface area is 98.6 Å². The van der Waals surface area contributed by atoms with Crippen LogP contribution < -0.4 is 11.1 Å². The van der Waals surface area contributed by atoms with E-state index in [2.05, 4.69) is 10.5 Å². The first-order valence-electron chi connectivity index (χ1n) is 5.24. The summed E-state index contributed by atoms with van der Waals surface area (Å²) < 4.78 is 4.72. The van der Waals surface area contributed by atoms with Crippen LogP contribution in [0.25, 0.3) is 0 Å². The number of aromatic nitrogens is 1. The highest BCUT2D eigenvalue weighted by Gasteiger charge is 2.00. The van der Waals surface area contributed by atoms with Crippen LogP contribution in [-0.2, 0) is 13.1 Å². The number of carbonyl (C=O) groups is 1. The molecule has 1 heterocycles. The molecule has 1 aromatic heterocycles. The molecule has 5 heteroatoms. The van der Waals surface area contributed by atoms with Gasteiger partial charge in [-0.1, -0.05) is 17.3 Å². The topological polar surface area (TPSA) is 81.2 Å². The lowest BCUT2D eigenvalue weighted by atomic mass is 10.1. The van der Waals surface area contributed by atoms with Crippen LogP contribution in [0.3, 0.4) is 0 Å². The van der Waals surface area contributed by atoms with Gasteiger partial charge in [0.25, 0.3) is 0 Å². The second-order valence-electron chi connectivity index (χ2n) is 3.66. The Morgan fingerprint density at radius 2 is 2.00 bits per heavy atom. The van der Waals surface area contributed by atoms with Gasteiger partial charge in [-0.15, -0.1) is 0 Å². The third-order valence-electron chi connectivity index (χ3n) is 2.36. The van der Waals surface area contributed by atoms with Crippen molar-refractivity contribution in [3.8, 4) is 0 Å². The van der Waals surface area contributed by atoms with Gasteiger partial charge in [-0.2, -0.15) is 0 Å². The summed E-state index contributed by atoms with van der Waals surface area (Å²) in [7, 11) is 0. The molecule has 3 N–H and O–H groups in total. The van der Waals surface area contributed by atoms with Crippen molar-refractivity contribution in [3.05, 3.63) is 53.4 Å². The molecule has 2 aromatic rings. The molecule has 1 amide bonds. The molecule has 1 aromatic carbocycles. The normalized spacial score (nSPS) is 10.4. The molecule has 0 saturated carbocycles. The quantitative estimate of drug-likeness (QED) is 0.806. The molecule has 0 aliphatic heterocycles. The number of rotatable bonds is 5. The van der Waals surface area contributed by atoms with Crippen LogP contribution in [0.4, 0.5) is 0 Å². The number of nitrogens with one attached hydrogen (secondary N) is 1. The van der Waals surface area contributed by atoms with E-state index in [1.807, 2.05) is 18.2 Å². The van der Waals surface area contributed by atoms with Crippen molar-refractivity contribution in [1.82, 2.24) is 10.5 Å². The summed E-state index contributed by atoms with van der Waals surface area (Å²) >= 11 is 0. The predicted molar refractivity (Wildman–Crippen MR) is 62.0 cm³/mol. The van der Waals surface area contributed by atoms with Crippen molar-refractivity contribution in [1.29, 1.82) is 0 Å². The number of primary amides is 1. The average Bonchev–Trinajstić information content (AvgIpc) is 2.83. The van der Waals surface area contributed by atoms with E-state index in [-0.39, 0.29) is 0 Å². The second kappa shape index (κ2) is 5.27. The summed E-state index contributed by atoms with van der Waals surface area (Å²) in [5.74, 6) is -0.410. The zero-order chi connectivity index (χ0) is 12.1. The Morgan fingerprint density at radius 1 is 1.24 bits per heavy atom. The first kappa shape index (κ1) is 11.3. The van der Waals surface area contributed by atoms with Crippen LogP contribution in [0.2, 0.25) is 0 Å². The van der Waals surface area contributed by atoms with Crippen LogP contribution in [0.15, 0.2) is 41.1 Å². The molecule has 88 valence electrons. The van der Waals surface area contributed by atoms with E-state index < -0.39 is 5.91 Å². The van der Waals surface area contributed by atoms with Gasteiger partial charge in [0.15, 0.2) is 0 Å². The van der Waals surface area contributed by atoms with Gasteiger partial charge in [0, 0.05) is 24.7 Å². The van der Waals surface area contributed by atoms with E-state index in [1.54, 1.807) is 18.4 Å². The zero-order valence-electron chi connectivity index (χ0n) is 9.22. The summed E-state index contributed by atoms with van der Waals surface area (Å²) in [5, 5.41) is 7.00. The number of benzene rings is 1. The summed E-state index contributed by atoms with van der Waals surface area (Å²) in [6.07, 6.45) is 1.54. The zero-order valence-corrected chi connectivity index (χ0v) is 9.22. The van der Waals surface area contributed by atoms with Crippen molar-refractivity contribution in [2.24, 2.45) is 5.73 Å². The Hall–Kier alpha value is -2.14. The largest absolute Gasteiger partial charge is 0.366 e. The first-order chi connectivity index (χ1) is 8.25. The summed E-state index contributed by atoms with van der Waals surface area (Å²) in [4.78, 5) is 10.9. The highest BCUT2D eigenvalue weighted by molar-refractivity contribution is 5.92. The molecule has 0 unspecified atom stereocenters. The van der Waals surface area contributed by atoms with Crippen LogP contribution in [-0.4, -0.2) is 11.1 Å². The molecule has 0 fully saturated rings. The smallest absolute Gasteiger partial charge is 0.248 e. The predicted octanol–water partition coefficient (Wildman–Crippen LogP) is 1.06. The van der Waals surface area contributed by atoms with Crippen molar-refractivity contribution in [3.63, 3.8) is 0 Å². The van der Waals surface area contributed by atoms with Gasteiger partial charge < -0.3 is 15.6 Å². The van der Waals surface area contributed by atoms with Gasteiger partial charge in [0.2, 0.25) is 5.91 Å². The Morgan fingerprint density at radius 3 is 2.59 bits per heavy atom. The standard InChI is InChI=1S/C12H13N3O2/c13-12(16)10-3-1-9(2-4-10)7-14-8-11-5-6-17-15-11/h1-6,14H,7-8H2,(H2,13,16). The lowest BCUT2D eigenvalue weighted by molar-refractivity contribution is 0.100. The van der Waals surface area contributed by atoms with Crippen molar-refractivity contribution in [2.75, 3.05) is 0 Å². The second-order valence-corrected chi connectivity index (χ2v) is 3.66. The Bertz CT molecular complexity index is 477. The minimum Gasteiger partial charge on any atom is -0.366 e. The molecule has 0 bridgehead atoms. The van der Waals surface area contributed by atoms with E-state index >= 15 is 0 Å². The molecule has 0 radical (unpaired) electrons. The lowest BCUT2D eigenvalue weighted by Gasteiger charge is -2.03. The maximum atomic E-state index is 10.9. The van der Waals surface area contributed by atoms with Gasteiger partial charge in [0.1, 0.15) is 6.26 Å². The molecule has 0 aliphatic carbocycles. The molecule has 0 aliphatic rings. The third-order valence-corrected chi connectivity index (χ3v) is 2.36. The number of nitrogens with zero attached hydrogens (tertiary/aromatic N) is 1. The fourth-order valence-electron chi connectivity index (χ4n) is 1.45. The Kier molecular flexibility index (Phi) is 3.52. The fraction of sp³-hybridized carbons (Fsp3) is 0.167. The molecule has 0 saturated heterocycles. The number of carbonyl (C=O) groups excluding carboxylic acids is 1. The maximum absolute atomic E-state index is 10.9. The van der Waals surface area contributed by atoms with E-state index in [9.17, 15) is 4.79 Å². The van der Waals surface area contributed by atoms with Crippen LogP contribution >= 0.6 is 0 Å². The minimum atomic E-state index is -0.410. The number of hydrogen-bond acceptors (Lipinski definition) is 4. The highest BCUT2D eigenvalue weighted by Crippen LogP contribution is 2.04. The SMILES string of the molecule is NC(=O)c1ccc(CNCc2ccon2)cc1. The van der Waals surface area contributed by atoms with Gasteiger partial charge in [-0.05, 0) is 17.7 Å². The minimum absolute atomic E-state index is 0.410. The number of hydrogen-bond donors (Lipinski definition) is 2. The molecule has 0 atom stereocenters. The van der Waals surface area contributed by atoms with Crippen LogP contribution in [0, 0.1) is 0 Å². The maximum Gasteiger partial charge on any atom is 0.248 e. The first-order valence-corrected chi connectivity index (χ1v) is 5.24. The summed E-state index contributed by atoms with van der Waals surface area (Å²) in [6, 6.07) is 8.99. The highest BCUT2D eigenvalue weighted by atomic mass is 16.5. The van der Waals surface area contributed by atoms with E-state index in [0.717, 1.165) is 11.3 Å². The van der Waals surface area contributed by atoms with Gasteiger partial charge >= 0.3 is 0 Å². The lowest BCUT2D eigenvalue weighted by Crippen LogP contribution is -2.14. The molecular weight excluding hydrogens is 218 g/mol. The molecular formula is C12H13N3O2. The third kappa shape index (κ3) is 3.15. The number of amides is 1. The summed E-state index contributed by atoms with van der Waals surface area (Å²) in [6.45, 7) is 1.35. The van der Waals surface area contributed by atoms with Crippen LogP contribution in [0.1, 0.15) is 21.6 Å². The molecule has 0 spiro atoms. The molecule has 2 rings (SSSR count). The summed E-state index contributed by atoms with van der Waals surface area (Å²) in [5.41, 5.74) is 7.62. The van der Waals surface area contributed by atoms with Gasteiger partial charge in [-0.25, -0.2) is 0 Å². The number of nitrogens with two attached hydrogens (primary N) is 1. The van der Waals surface area contributed by atoms with Crippen molar-refractivity contribution in [2.45, 2.75) is 13.1 Å². The van der Waals surface area contributed by atoms with Crippen molar-refractivity contribution >= 4 is 5.91 Å². The average molecular weight is 231 g/mol. The van der Waals surface area contributed by atoms with Gasteiger partial charge in [0.05, 0.1) is 5.69 Å². The molecule has 5 nitrogen and oxygen atoms in total. The monoisotopic (exact) mass is 231 g/mol. The van der Waals surface area contributed by atoms with E-state index in [4.69, 9.17) is 10.3 Å². The Balaban J connectivity index is 1.85. The van der Waals surface area contributed by atoms with Crippen LogP contribution in [0.5, 0.6) is 0 Å². The van der Waals surface area contributed by atoms with Crippen molar-refractivity contribution < 1.29 is 9.32 Å². The fourth-order valence-corrected chi connectivity index (χ4v) is 1.45. The van der Waals surface area contributed by atoms with E-state index in [1.165, 1.54) is 0 Å². The van der Waals surface area contributed by atoms with E-state index in [0.29, 0.717) is 18.7 Å². The molecule has 17 heavy (non-hydrogen) atoms. The van der Waals surface area contributed by atoms with Gasteiger partial charge in [-0.3, -0.25) is 4.79 Å².